The van der Waals surface area contributed by atoms with Crippen molar-refractivity contribution in [2.75, 3.05) is 6.54 Å². The minimum Gasteiger partial charge on any atom is -0.380 e. The molecule has 0 aliphatic carbocycles. The lowest BCUT2D eigenvalue weighted by Crippen LogP contribution is -2.44. The van der Waals surface area contributed by atoms with E-state index < -0.39 is 0 Å². The highest BCUT2D eigenvalue weighted by Gasteiger charge is 2.15. The number of allylic oxidation sites excluding steroid dienone is 1. The molecule has 1 aliphatic rings. The van der Waals surface area contributed by atoms with E-state index in [4.69, 9.17) is 0 Å². The molecule has 0 saturated heterocycles. The normalized spacial score (nSPS) is 21.3. The first-order chi connectivity index (χ1) is 5.22. The molecule has 1 atom stereocenters. The van der Waals surface area contributed by atoms with Gasteiger partial charge in [-0.1, -0.05) is 6.92 Å². The van der Waals surface area contributed by atoms with E-state index in [0.717, 1.165) is 6.42 Å². The van der Waals surface area contributed by atoms with Gasteiger partial charge in [0.2, 0.25) is 5.91 Å². The van der Waals surface area contributed by atoms with E-state index in [9.17, 15) is 4.79 Å². The Morgan fingerprint density at radius 1 is 1.82 bits per heavy atom. The molecule has 1 aliphatic heterocycles. The minimum atomic E-state index is 0.0325. The summed E-state index contributed by atoms with van der Waals surface area (Å²) < 4.78 is 0. The number of rotatable bonds is 3. The zero-order chi connectivity index (χ0) is 8.27. The predicted molar refractivity (Wildman–Crippen MR) is 44.0 cm³/mol. The molecule has 0 bridgehead atoms. The summed E-state index contributed by atoms with van der Waals surface area (Å²) in [6.07, 6.45) is 3.20. The molecule has 0 radical (unpaired) electrons. The smallest absolute Gasteiger partial charge is 0.216 e. The first-order valence-electron chi connectivity index (χ1n) is 3.94. The molecule has 0 aromatic rings. The largest absolute Gasteiger partial charge is 0.380 e. The fourth-order valence-electron chi connectivity index (χ4n) is 1.06. The summed E-state index contributed by atoms with van der Waals surface area (Å²) in [5, 5.41) is 5.98. The fraction of sp³-hybridized carbons (Fsp3) is 0.625. The van der Waals surface area contributed by atoms with Crippen molar-refractivity contribution >= 4 is 5.91 Å². The molecule has 3 heteroatoms. The molecule has 0 fully saturated rings. The van der Waals surface area contributed by atoms with Crippen LogP contribution in [-0.2, 0) is 4.79 Å². The second-order valence-corrected chi connectivity index (χ2v) is 2.73. The van der Waals surface area contributed by atoms with Crippen LogP contribution in [0.4, 0.5) is 0 Å². The average molecular weight is 154 g/mol. The molecule has 1 amide bonds. The van der Waals surface area contributed by atoms with Crippen LogP contribution < -0.4 is 10.6 Å². The van der Waals surface area contributed by atoms with Crippen molar-refractivity contribution in [3.8, 4) is 0 Å². The molecule has 11 heavy (non-hydrogen) atoms. The molecule has 1 rings (SSSR count). The van der Waals surface area contributed by atoms with Crippen LogP contribution in [0.5, 0.6) is 0 Å². The van der Waals surface area contributed by atoms with Crippen LogP contribution in [0.25, 0.3) is 0 Å². The zero-order valence-corrected chi connectivity index (χ0v) is 6.98. The van der Waals surface area contributed by atoms with Crippen molar-refractivity contribution in [2.45, 2.75) is 26.3 Å². The van der Waals surface area contributed by atoms with E-state index in [1.165, 1.54) is 12.6 Å². The maximum absolute atomic E-state index is 10.5. The van der Waals surface area contributed by atoms with Gasteiger partial charge in [0.1, 0.15) is 0 Å². The van der Waals surface area contributed by atoms with E-state index in [1.807, 2.05) is 0 Å². The van der Waals surface area contributed by atoms with Crippen LogP contribution in [0, 0.1) is 0 Å². The van der Waals surface area contributed by atoms with Gasteiger partial charge in [-0.25, -0.2) is 0 Å². The lowest BCUT2D eigenvalue weighted by molar-refractivity contribution is -0.119. The Kier molecular flexibility index (Phi) is 2.52. The second-order valence-electron chi connectivity index (χ2n) is 2.73. The molecule has 0 spiro atoms. The van der Waals surface area contributed by atoms with Crippen molar-refractivity contribution in [2.24, 2.45) is 0 Å². The quantitative estimate of drug-likeness (QED) is 0.617. The number of amides is 1. The third kappa shape index (κ3) is 2.26. The highest BCUT2D eigenvalue weighted by molar-refractivity contribution is 5.72. The third-order valence-electron chi connectivity index (χ3n) is 1.72. The van der Waals surface area contributed by atoms with E-state index in [1.54, 1.807) is 0 Å². The minimum absolute atomic E-state index is 0.0325. The highest BCUT2D eigenvalue weighted by Crippen LogP contribution is 2.09. The zero-order valence-electron chi connectivity index (χ0n) is 6.98. The van der Waals surface area contributed by atoms with Gasteiger partial charge < -0.3 is 10.6 Å². The van der Waals surface area contributed by atoms with E-state index in [-0.39, 0.29) is 5.91 Å². The number of nitrogens with one attached hydrogen (secondary N) is 2. The molecule has 0 aromatic carbocycles. The van der Waals surface area contributed by atoms with Gasteiger partial charge >= 0.3 is 0 Å². The predicted octanol–water partition coefficient (Wildman–Crippen LogP) is 0.388. The Balaban J connectivity index is 2.14. The van der Waals surface area contributed by atoms with Gasteiger partial charge in [0, 0.05) is 19.2 Å². The van der Waals surface area contributed by atoms with E-state index >= 15 is 0 Å². The molecule has 0 unspecified atom stereocenters. The van der Waals surface area contributed by atoms with Gasteiger partial charge in [-0.3, -0.25) is 4.79 Å². The van der Waals surface area contributed by atoms with Crippen LogP contribution in [0.2, 0.25) is 0 Å². The third-order valence-corrected chi connectivity index (χ3v) is 1.72. The number of hydrogen-bond donors (Lipinski definition) is 2. The molecular weight excluding hydrogens is 140 g/mol. The molecular formula is C8H14N2O. The Labute approximate surface area is 66.9 Å². The first kappa shape index (κ1) is 8.11. The van der Waals surface area contributed by atoms with Gasteiger partial charge in [0.05, 0.1) is 6.04 Å². The fourth-order valence-corrected chi connectivity index (χ4v) is 1.06. The van der Waals surface area contributed by atoms with Crippen molar-refractivity contribution < 1.29 is 4.79 Å². The first-order valence-corrected chi connectivity index (χ1v) is 3.94. The van der Waals surface area contributed by atoms with Gasteiger partial charge in [-0.15, -0.1) is 0 Å². The Hall–Kier alpha value is -0.990. The summed E-state index contributed by atoms with van der Waals surface area (Å²) in [4.78, 5) is 10.5. The van der Waals surface area contributed by atoms with Crippen LogP contribution >= 0.6 is 0 Å². The van der Waals surface area contributed by atoms with Crippen LogP contribution in [0.15, 0.2) is 11.8 Å². The lowest BCUT2D eigenvalue weighted by Gasteiger charge is -2.27. The maximum Gasteiger partial charge on any atom is 0.216 e. The SMILES string of the molecule is CCC1=C[C@@H](CNC(C)=O)N1. The summed E-state index contributed by atoms with van der Waals surface area (Å²) in [5.74, 6) is 0.0325. The highest BCUT2D eigenvalue weighted by atomic mass is 16.1. The van der Waals surface area contributed by atoms with E-state index in [0.29, 0.717) is 12.6 Å². The average Bonchev–Trinajstić information content (AvgIpc) is 1.84. The Morgan fingerprint density at radius 3 is 2.91 bits per heavy atom. The lowest BCUT2D eigenvalue weighted by atomic mass is 10.1. The number of hydrogen-bond acceptors (Lipinski definition) is 2. The van der Waals surface area contributed by atoms with E-state index in [2.05, 4.69) is 23.6 Å². The van der Waals surface area contributed by atoms with Gasteiger partial charge in [-0.05, 0) is 12.5 Å². The topological polar surface area (TPSA) is 41.1 Å². The second kappa shape index (κ2) is 3.42. The Bertz CT molecular complexity index is 187. The molecule has 1 heterocycles. The monoisotopic (exact) mass is 154 g/mol. The molecule has 0 saturated carbocycles. The summed E-state index contributed by atoms with van der Waals surface area (Å²) >= 11 is 0. The standard InChI is InChI=1S/C8H14N2O/c1-3-7-4-8(10-7)5-9-6(2)11/h4,8,10H,3,5H2,1-2H3,(H,9,11)/t8-/m0/s1. The van der Waals surface area contributed by atoms with Crippen molar-refractivity contribution in [3.63, 3.8) is 0 Å². The van der Waals surface area contributed by atoms with Crippen LogP contribution in [-0.4, -0.2) is 18.5 Å². The maximum atomic E-state index is 10.5. The number of carbonyl (C=O) groups is 1. The van der Waals surface area contributed by atoms with Gasteiger partial charge in [0.25, 0.3) is 0 Å². The summed E-state index contributed by atoms with van der Waals surface area (Å²) in [7, 11) is 0. The van der Waals surface area contributed by atoms with Gasteiger partial charge in [0.15, 0.2) is 0 Å². The molecule has 3 nitrogen and oxygen atoms in total. The molecule has 0 aromatic heterocycles. The van der Waals surface area contributed by atoms with Gasteiger partial charge in [-0.2, -0.15) is 0 Å². The summed E-state index contributed by atoms with van der Waals surface area (Å²) in [6.45, 7) is 4.34. The van der Waals surface area contributed by atoms with Crippen LogP contribution in [0.3, 0.4) is 0 Å². The Morgan fingerprint density at radius 2 is 2.45 bits per heavy atom. The summed E-state index contributed by atoms with van der Waals surface area (Å²) in [6, 6.07) is 0.355. The van der Waals surface area contributed by atoms with Crippen molar-refractivity contribution in [1.82, 2.24) is 10.6 Å². The molecule has 2 N–H and O–H groups in total. The van der Waals surface area contributed by atoms with Crippen molar-refractivity contribution in [1.29, 1.82) is 0 Å². The molecule has 62 valence electrons. The van der Waals surface area contributed by atoms with Crippen LogP contribution in [0.1, 0.15) is 20.3 Å². The summed E-state index contributed by atoms with van der Waals surface area (Å²) in [5.41, 5.74) is 1.28. The number of carbonyl (C=O) groups excluding carboxylic acids is 1. The van der Waals surface area contributed by atoms with Crippen molar-refractivity contribution in [3.05, 3.63) is 11.8 Å².